The van der Waals surface area contributed by atoms with Crippen LogP contribution >= 0.6 is 0 Å². The number of nitrogens with zero attached hydrogens (tertiary/aromatic N) is 1. The van der Waals surface area contributed by atoms with Gasteiger partial charge in [0, 0.05) is 7.05 Å². The molecule has 0 bridgehead atoms. The largest absolute Gasteiger partial charge is 0.459 e. The molecule has 1 saturated heterocycles. The van der Waals surface area contributed by atoms with E-state index in [9.17, 15) is 14.4 Å². The van der Waals surface area contributed by atoms with E-state index in [1.54, 1.807) is 27.7 Å². The number of hydrogen-bond donors (Lipinski definition) is 1. The lowest BCUT2D eigenvalue weighted by molar-refractivity contribution is -0.157. The summed E-state index contributed by atoms with van der Waals surface area (Å²) in [6.07, 6.45) is 0.0858. The van der Waals surface area contributed by atoms with Crippen molar-refractivity contribution in [3.8, 4) is 0 Å². The van der Waals surface area contributed by atoms with Crippen LogP contribution in [0.1, 0.15) is 34.1 Å². The molecule has 0 spiro atoms. The summed E-state index contributed by atoms with van der Waals surface area (Å²) in [4.78, 5) is 35.8. The Bertz CT molecular complexity index is 373. The molecule has 1 aliphatic rings. The second kappa shape index (κ2) is 5.06. The molecule has 0 saturated carbocycles. The third-order valence-corrected chi connectivity index (χ3v) is 2.59. The Hall–Kier alpha value is -1.43. The van der Waals surface area contributed by atoms with Crippen molar-refractivity contribution < 1.29 is 19.1 Å². The Kier molecular flexibility index (Phi) is 4.11. The molecule has 1 aliphatic heterocycles. The smallest absolute Gasteiger partial charge is 0.323 e. The first-order valence-electron chi connectivity index (χ1n) is 5.91. The van der Waals surface area contributed by atoms with Crippen molar-refractivity contribution in [2.24, 2.45) is 0 Å². The zero-order valence-corrected chi connectivity index (χ0v) is 11.4. The molecule has 1 rings (SSSR count). The van der Waals surface area contributed by atoms with Crippen LogP contribution in [0, 0.1) is 0 Å². The van der Waals surface area contributed by atoms with E-state index in [0.29, 0.717) is 0 Å². The molecular weight excluding hydrogens is 236 g/mol. The van der Waals surface area contributed by atoms with E-state index in [1.807, 2.05) is 0 Å². The van der Waals surface area contributed by atoms with Crippen molar-refractivity contribution in [1.82, 2.24) is 10.2 Å². The fourth-order valence-corrected chi connectivity index (χ4v) is 1.65. The molecule has 2 unspecified atom stereocenters. The molecule has 0 aromatic heterocycles. The van der Waals surface area contributed by atoms with Gasteiger partial charge in [0.25, 0.3) is 0 Å². The summed E-state index contributed by atoms with van der Waals surface area (Å²) in [7, 11) is 1.44. The third-order valence-electron chi connectivity index (χ3n) is 2.59. The molecule has 6 nitrogen and oxygen atoms in total. The molecule has 0 aliphatic carbocycles. The van der Waals surface area contributed by atoms with Crippen molar-refractivity contribution >= 4 is 17.8 Å². The number of imide groups is 1. The summed E-state index contributed by atoms with van der Waals surface area (Å²) >= 11 is 0. The number of likely N-dealkylation sites (N-methyl/N-ethyl adjacent to an activating group) is 1. The lowest BCUT2D eigenvalue weighted by atomic mass is 10.2. The van der Waals surface area contributed by atoms with Crippen molar-refractivity contribution in [3.05, 3.63) is 0 Å². The van der Waals surface area contributed by atoms with Crippen molar-refractivity contribution in [1.29, 1.82) is 0 Å². The summed E-state index contributed by atoms with van der Waals surface area (Å²) < 4.78 is 5.19. The maximum atomic E-state index is 11.7. The van der Waals surface area contributed by atoms with E-state index in [0.717, 1.165) is 4.90 Å². The van der Waals surface area contributed by atoms with Crippen LogP contribution in [0.3, 0.4) is 0 Å². The van der Waals surface area contributed by atoms with E-state index < -0.39 is 23.7 Å². The minimum atomic E-state index is -0.634. The number of carbonyl (C=O) groups excluding carboxylic acids is 3. The maximum Gasteiger partial charge on any atom is 0.323 e. The zero-order valence-electron chi connectivity index (χ0n) is 11.4. The monoisotopic (exact) mass is 256 g/mol. The number of esters is 1. The van der Waals surface area contributed by atoms with Gasteiger partial charge in [0.1, 0.15) is 11.6 Å². The highest BCUT2D eigenvalue weighted by molar-refractivity contribution is 6.05. The molecule has 0 aromatic rings. The van der Waals surface area contributed by atoms with E-state index in [1.165, 1.54) is 7.05 Å². The second-order valence-corrected chi connectivity index (χ2v) is 5.47. The molecule has 2 atom stereocenters. The predicted molar refractivity (Wildman–Crippen MR) is 64.6 cm³/mol. The minimum Gasteiger partial charge on any atom is -0.459 e. The van der Waals surface area contributed by atoms with Crippen LogP contribution in [0.15, 0.2) is 0 Å². The molecule has 6 heteroatoms. The number of rotatable bonds is 3. The van der Waals surface area contributed by atoms with E-state index in [2.05, 4.69) is 5.32 Å². The van der Waals surface area contributed by atoms with E-state index in [-0.39, 0.29) is 18.2 Å². The quantitative estimate of drug-likeness (QED) is 0.571. The highest BCUT2D eigenvalue weighted by Gasteiger charge is 2.37. The number of amides is 2. The first-order valence-corrected chi connectivity index (χ1v) is 5.91. The van der Waals surface area contributed by atoms with Crippen LogP contribution in [0.5, 0.6) is 0 Å². The Balaban J connectivity index is 2.56. The SMILES string of the molecule is CC(NC1CC(=O)N(C)C1=O)C(=O)OC(C)(C)C. The summed E-state index contributed by atoms with van der Waals surface area (Å²) in [5, 5.41) is 2.83. The number of likely N-dealkylation sites (tertiary alicyclic amines) is 1. The molecule has 0 radical (unpaired) electrons. The lowest BCUT2D eigenvalue weighted by Crippen LogP contribution is -2.47. The van der Waals surface area contributed by atoms with Gasteiger partial charge in [-0.1, -0.05) is 0 Å². The normalized spacial score (nSPS) is 22.3. The fraction of sp³-hybridized carbons (Fsp3) is 0.750. The van der Waals surface area contributed by atoms with Gasteiger partial charge in [-0.25, -0.2) is 0 Å². The van der Waals surface area contributed by atoms with Crippen LogP contribution in [-0.4, -0.2) is 47.4 Å². The topological polar surface area (TPSA) is 75.7 Å². The van der Waals surface area contributed by atoms with Gasteiger partial charge in [-0.15, -0.1) is 0 Å². The van der Waals surface area contributed by atoms with Crippen LogP contribution in [0.2, 0.25) is 0 Å². The minimum absolute atomic E-state index is 0.0858. The van der Waals surface area contributed by atoms with Crippen LogP contribution in [-0.2, 0) is 19.1 Å². The van der Waals surface area contributed by atoms with Gasteiger partial charge in [0.05, 0.1) is 12.5 Å². The standard InChI is InChI=1S/C12H20N2O4/c1-7(11(17)18-12(2,3)4)13-8-6-9(15)14(5)10(8)16/h7-8,13H,6H2,1-5H3. The zero-order chi connectivity index (χ0) is 14.1. The van der Waals surface area contributed by atoms with E-state index >= 15 is 0 Å². The predicted octanol–water partition coefficient (Wildman–Crippen LogP) is 0.0635. The highest BCUT2D eigenvalue weighted by Crippen LogP contribution is 2.13. The Morgan fingerprint density at radius 1 is 1.44 bits per heavy atom. The van der Waals surface area contributed by atoms with Gasteiger partial charge in [0.15, 0.2) is 0 Å². The van der Waals surface area contributed by atoms with Crippen molar-refractivity contribution in [2.45, 2.75) is 51.8 Å². The average molecular weight is 256 g/mol. The van der Waals surface area contributed by atoms with Crippen molar-refractivity contribution in [2.75, 3.05) is 7.05 Å². The molecule has 102 valence electrons. The average Bonchev–Trinajstić information content (AvgIpc) is 2.44. The summed E-state index contributed by atoms with van der Waals surface area (Å²) in [6.45, 7) is 6.94. The molecule has 1 fully saturated rings. The molecule has 18 heavy (non-hydrogen) atoms. The fourth-order valence-electron chi connectivity index (χ4n) is 1.65. The second-order valence-electron chi connectivity index (χ2n) is 5.47. The van der Waals surface area contributed by atoms with Crippen LogP contribution in [0.4, 0.5) is 0 Å². The first-order chi connectivity index (χ1) is 8.11. The molecule has 0 aromatic carbocycles. The van der Waals surface area contributed by atoms with Gasteiger partial charge >= 0.3 is 5.97 Å². The van der Waals surface area contributed by atoms with Gasteiger partial charge in [-0.2, -0.15) is 0 Å². The van der Waals surface area contributed by atoms with Gasteiger partial charge in [-0.3, -0.25) is 24.6 Å². The summed E-state index contributed by atoms with van der Waals surface area (Å²) in [5.41, 5.74) is -0.570. The molecule has 1 heterocycles. The highest BCUT2D eigenvalue weighted by atomic mass is 16.6. The number of carbonyl (C=O) groups is 3. The lowest BCUT2D eigenvalue weighted by Gasteiger charge is -2.23. The van der Waals surface area contributed by atoms with Gasteiger partial charge < -0.3 is 4.74 Å². The number of ether oxygens (including phenoxy) is 1. The van der Waals surface area contributed by atoms with Gasteiger partial charge in [-0.05, 0) is 27.7 Å². The van der Waals surface area contributed by atoms with Crippen LogP contribution < -0.4 is 5.32 Å². The molecule has 2 amide bonds. The summed E-state index contributed by atoms with van der Waals surface area (Å²) in [5.74, 6) is -0.985. The maximum absolute atomic E-state index is 11.7. The van der Waals surface area contributed by atoms with Crippen molar-refractivity contribution in [3.63, 3.8) is 0 Å². The third kappa shape index (κ3) is 3.53. The van der Waals surface area contributed by atoms with Crippen LogP contribution in [0.25, 0.3) is 0 Å². The number of nitrogens with one attached hydrogen (secondary N) is 1. The molecular formula is C12H20N2O4. The Morgan fingerprint density at radius 2 is 2.00 bits per heavy atom. The number of hydrogen-bond acceptors (Lipinski definition) is 5. The van der Waals surface area contributed by atoms with E-state index in [4.69, 9.17) is 4.74 Å². The Labute approximate surface area is 107 Å². The Morgan fingerprint density at radius 3 is 2.39 bits per heavy atom. The first kappa shape index (κ1) is 14.6. The van der Waals surface area contributed by atoms with Gasteiger partial charge in [0.2, 0.25) is 11.8 Å². The molecule has 1 N–H and O–H groups in total. The summed E-state index contributed by atoms with van der Waals surface area (Å²) in [6, 6.07) is -1.26.